The van der Waals surface area contributed by atoms with Crippen molar-refractivity contribution < 1.29 is 0 Å². The van der Waals surface area contributed by atoms with Gasteiger partial charge in [0.15, 0.2) is 17.5 Å². The van der Waals surface area contributed by atoms with Crippen LogP contribution in [-0.2, 0) is 5.41 Å². The van der Waals surface area contributed by atoms with Crippen LogP contribution in [0.3, 0.4) is 0 Å². The molecule has 236 valence electrons. The molecule has 0 N–H and O–H groups in total. The van der Waals surface area contributed by atoms with Gasteiger partial charge in [0.25, 0.3) is 0 Å². The van der Waals surface area contributed by atoms with E-state index >= 15 is 0 Å². The Morgan fingerprint density at radius 2 is 0.960 bits per heavy atom. The van der Waals surface area contributed by atoms with Gasteiger partial charge in [-0.15, -0.1) is 0 Å². The second-order valence-corrected chi connectivity index (χ2v) is 13.6. The monoisotopic (exact) mass is 640 g/mol. The van der Waals surface area contributed by atoms with E-state index in [1.165, 1.54) is 54.8 Å². The van der Waals surface area contributed by atoms with Crippen LogP contribution in [0.25, 0.3) is 83.6 Å². The Labute approximate surface area is 290 Å². The second-order valence-electron chi connectivity index (χ2n) is 13.6. The van der Waals surface area contributed by atoms with Gasteiger partial charge in [-0.1, -0.05) is 141 Å². The summed E-state index contributed by atoms with van der Waals surface area (Å²) in [6.07, 6.45) is 0. The summed E-state index contributed by atoms with van der Waals surface area (Å²) in [7, 11) is 0. The number of nitrogens with zero attached hydrogens (tertiary/aromatic N) is 4. The zero-order valence-electron chi connectivity index (χ0n) is 27.8. The molecule has 0 radical (unpaired) electrons. The fourth-order valence-corrected chi connectivity index (χ4v) is 8.17. The molecule has 0 spiro atoms. The highest BCUT2D eigenvalue weighted by Crippen LogP contribution is 2.56. The second kappa shape index (κ2) is 10.8. The molecule has 0 unspecified atom stereocenters. The number of rotatable bonds is 4. The first-order valence-corrected chi connectivity index (χ1v) is 17.1. The predicted octanol–water partition coefficient (Wildman–Crippen LogP) is 11.4. The Hall–Kier alpha value is -6.39. The molecule has 1 aliphatic rings. The lowest BCUT2D eigenvalue weighted by Crippen LogP contribution is -2.15. The summed E-state index contributed by atoms with van der Waals surface area (Å²) in [5.74, 6) is 1.96. The van der Waals surface area contributed by atoms with Gasteiger partial charge in [-0.2, -0.15) is 0 Å². The molecule has 0 saturated carbocycles. The molecule has 0 amide bonds. The fraction of sp³-hybridized carbons (Fsp3) is 0.0652. The van der Waals surface area contributed by atoms with Gasteiger partial charge in [0.05, 0.1) is 11.0 Å². The lowest BCUT2D eigenvalue weighted by molar-refractivity contribution is 0.667. The van der Waals surface area contributed by atoms with Crippen molar-refractivity contribution in [1.82, 2.24) is 19.5 Å². The minimum atomic E-state index is -0.154. The summed E-state index contributed by atoms with van der Waals surface area (Å²) < 4.78 is 2.45. The quantitative estimate of drug-likeness (QED) is 0.192. The van der Waals surface area contributed by atoms with Crippen LogP contribution >= 0.6 is 0 Å². The van der Waals surface area contributed by atoms with Crippen LogP contribution in [0.1, 0.15) is 25.0 Å². The normalized spacial score (nSPS) is 13.2. The van der Waals surface area contributed by atoms with E-state index in [1.54, 1.807) is 0 Å². The first-order chi connectivity index (χ1) is 24.6. The highest BCUT2D eigenvalue weighted by molar-refractivity contribution is 6.25. The van der Waals surface area contributed by atoms with Crippen LogP contribution in [0.15, 0.2) is 158 Å². The Bertz CT molecular complexity index is 2700. The van der Waals surface area contributed by atoms with Gasteiger partial charge in [-0.3, -0.25) is 0 Å². The van der Waals surface area contributed by atoms with Gasteiger partial charge >= 0.3 is 0 Å². The zero-order valence-corrected chi connectivity index (χ0v) is 27.8. The number of hydrogen-bond donors (Lipinski definition) is 0. The standard InChI is InChI=1S/C46H32N4/c1-46(2)37-23-13-11-21-35(37)39-33-19-9-10-20-34(33)42-40(41(39)46)36-22-12-14-24-38(36)50(42)32-27-25-31(26-28-32)45-48-43(29-15-5-3-6-16-29)47-44(49-45)30-17-7-4-8-18-30/h3-28H,1-2H3. The number of benzene rings is 7. The van der Waals surface area contributed by atoms with Crippen molar-refractivity contribution in [3.63, 3.8) is 0 Å². The van der Waals surface area contributed by atoms with Gasteiger partial charge in [0.2, 0.25) is 0 Å². The summed E-state index contributed by atoms with van der Waals surface area (Å²) in [6.45, 7) is 4.77. The first-order valence-electron chi connectivity index (χ1n) is 17.1. The average Bonchev–Trinajstić information content (AvgIpc) is 3.65. The van der Waals surface area contributed by atoms with Crippen LogP contribution in [0, 0.1) is 0 Å². The molecule has 2 aromatic heterocycles. The molecule has 10 rings (SSSR count). The van der Waals surface area contributed by atoms with Crippen molar-refractivity contribution in [3.05, 3.63) is 169 Å². The minimum absolute atomic E-state index is 0.154. The smallest absolute Gasteiger partial charge is 0.164 e. The zero-order chi connectivity index (χ0) is 33.4. The van der Waals surface area contributed by atoms with Crippen molar-refractivity contribution >= 4 is 32.6 Å². The Morgan fingerprint density at radius 1 is 0.460 bits per heavy atom. The largest absolute Gasteiger partial charge is 0.309 e. The molecule has 0 fully saturated rings. The Kier molecular flexibility index (Phi) is 6.19. The van der Waals surface area contributed by atoms with E-state index in [-0.39, 0.29) is 5.41 Å². The highest BCUT2D eigenvalue weighted by atomic mass is 15.0. The summed E-state index contributed by atoms with van der Waals surface area (Å²) in [4.78, 5) is 14.8. The number of para-hydroxylation sites is 1. The number of aromatic nitrogens is 4. The summed E-state index contributed by atoms with van der Waals surface area (Å²) >= 11 is 0. The maximum Gasteiger partial charge on any atom is 0.164 e. The van der Waals surface area contributed by atoms with Crippen molar-refractivity contribution in [2.75, 3.05) is 0 Å². The van der Waals surface area contributed by atoms with Crippen molar-refractivity contribution in [2.45, 2.75) is 19.3 Å². The van der Waals surface area contributed by atoms with E-state index < -0.39 is 0 Å². The van der Waals surface area contributed by atoms with E-state index in [1.807, 2.05) is 60.7 Å². The Balaban J connectivity index is 1.21. The lowest BCUT2D eigenvalue weighted by atomic mass is 9.79. The fourth-order valence-electron chi connectivity index (χ4n) is 8.17. The molecule has 0 aliphatic heterocycles. The van der Waals surface area contributed by atoms with Crippen molar-refractivity contribution in [2.24, 2.45) is 0 Å². The minimum Gasteiger partial charge on any atom is -0.309 e. The van der Waals surface area contributed by atoms with Crippen LogP contribution in [0.5, 0.6) is 0 Å². The molecular weight excluding hydrogens is 609 g/mol. The van der Waals surface area contributed by atoms with Gasteiger partial charge < -0.3 is 4.57 Å². The molecule has 0 atom stereocenters. The van der Waals surface area contributed by atoms with Crippen LogP contribution < -0.4 is 0 Å². The molecule has 9 aromatic rings. The Morgan fingerprint density at radius 3 is 1.60 bits per heavy atom. The molecule has 4 heteroatoms. The number of fused-ring (bicyclic) bond motifs is 10. The summed E-state index contributed by atoms with van der Waals surface area (Å²) in [6, 6.07) is 55.7. The lowest BCUT2D eigenvalue weighted by Gasteiger charge is -2.23. The van der Waals surface area contributed by atoms with Crippen molar-refractivity contribution in [3.8, 4) is 51.0 Å². The highest BCUT2D eigenvalue weighted by Gasteiger charge is 2.39. The van der Waals surface area contributed by atoms with E-state index in [4.69, 9.17) is 15.0 Å². The third-order valence-electron chi connectivity index (χ3n) is 10.4. The third kappa shape index (κ3) is 4.15. The van der Waals surface area contributed by atoms with Gasteiger partial charge in [0.1, 0.15) is 0 Å². The molecule has 7 aromatic carbocycles. The maximum atomic E-state index is 4.98. The molecule has 0 bridgehead atoms. The molecule has 0 saturated heterocycles. The molecule has 1 aliphatic carbocycles. The van der Waals surface area contributed by atoms with E-state index in [9.17, 15) is 0 Å². The van der Waals surface area contributed by atoms with E-state index in [0.29, 0.717) is 17.5 Å². The SMILES string of the molecule is CC1(C)c2ccccc2-c2c1c1c3ccccc3n(-c3ccc(-c4nc(-c5ccccc5)nc(-c5ccccc5)n4)cc3)c1c1ccccc21. The summed E-state index contributed by atoms with van der Waals surface area (Å²) in [5.41, 5.74) is 11.7. The average molecular weight is 641 g/mol. The van der Waals surface area contributed by atoms with Crippen LogP contribution in [-0.4, -0.2) is 19.5 Å². The molecule has 2 heterocycles. The van der Waals surface area contributed by atoms with Crippen LogP contribution in [0.2, 0.25) is 0 Å². The first kappa shape index (κ1) is 28.6. The maximum absolute atomic E-state index is 4.98. The van der Waals surface area contributed by atoms with Crippen LogP contribution in [0.4, 0.5) is 0 Å². The summed E-state index contributed by atoms with van der Waals surface area (Å²) in [5, 5.41) is 5.15. The topological polar surface area (TPSA) is 43.6 Å². The molecular formula is C46H32N4. The van der Waals surface area contributed by atoms with Gasteiger partial charge in [-0.05, 0) is 58.0 Å². The van der Waals surface area contributed by atoms with Crippen molar-refractivity contribution in [1.29, 1.82) is 0 Å². The predicted molar refractivity (Wildman–Crippen MR) is 206 cm³/mol. The number of hydrogen-bond acceptors (Lipinski definition) is 3. The van der Waals surface area contributed by atoms with Gasteiger partial charge in [0, 0.05) is 44.0 Å². The molecule has 50 heavy (non-hydrogen) atoms. The third-order valence-corrected chi connectivity index (χ3v) is 10.4. The van der Waals surface area contributed by atoms with E-state index in [2.05, 4.69) is 115 Å². The van der Waals surface area contributed by atoms with E-state index in [0.717, 1.165) is 22.4 Å². The van der Waals surface area contributed by atoms with Gasteiger partial charge in [-0.25, -0.2) is 15.0 Å². The molecule has 4 nitrogen and oxygen atoms in total.